The van der Waals surface area contributed by atoms with Crippen LogP contribution in [0.25, 0.3) is 0 Å². The zero-order chi connectivity index (χ0) is 13.8. The van der Waals surface area contributed by atoms with Gasteiger partial charge in [0.05, 0.1) is 4.92 Å². The van der Waals surface area contributed by atoms with E-state index in [4.69, 9.17) is 10.5 Å². The van der Waals surface area contributed by atoms with Crippen LogP contribution in [0.4, 0.5) is 5.69 Å². The Labute approximate surface area is 110 Å². The van der Waals surface area contributed by atoms with Crippen LogP contribution in [0.15, 0.2) is 36.5 Å². The Kier molecular flexibility index (Phi) is 3.72. The van der Waals surface area contributed by atoms with Gasteiger partial charge < -0.3 is 10.5 Å². The Morgan fingerprint density at radius 1 is 1.37 bits per heavy atom. The van der Waals surface area contributed by atoms with Crippen molar-refractivity contribution in [2.45, 2.75) is 13.5 Å². The summed E-state index contributed by atoms with van der Waals surface area (Å²) in [6.45, 7) is 2.00. The number of aromatic nitrogens is 1. The highest BCUT2D eigenvalue weighted by molar-refractivity contribution is 5.53. The molecule has 1 heterocycles. The molecule has 19 heavy (non-hydrogen) atoms. The quantitative estimate of drug-likeness (QED) is 0.673. The van der Waals surface area contributed by atoms with Crippen molar-refractivity contribution in [1.29, 1.82) is 0 Å². The number of nitrogens with zero attached hydrogens (tertiary/aromatic N) is 2. The van der Waals surface area contributed by atoms with Crippen LogP contribution in [0.2, 0.25) is 0 Å². The lowest BCUT2D eigenvalue weighted by Crippen LogP contribution is -2.02. The molecule has 0 saturated carbocycles. The second-order valence-corrected chi connectivity index (χ2v) is 3.95. The minimum absolute atomic E-state index is 0.0892. The topological polar surface area (TPSA) is 91.3 Å². The van der Waals surface area contributed by atoms with Gasteiger partial charge in [-0.1, -0.05) is 18.2 Å². The molecule has 0 radical (unpaired) electrons. The van der Waals surface area contributed by atoms with E-state index in [1.165, 1.54) is 6.07 Å². The summed E-state index contributed by atoms with van der Waals surface area (Å²) >= 11 is 0. The van der Waals surface area contributed by atoms with Crippen LogP contribution < -0.4 is 10.5 Å². The number of nitrogens with two attached hydrogens (primary N) is 1. The molecule has 0 bridgehead atoms. The minimum atomic E-state index is -0.479. The number of pyridine rings is 1. The number of nitro benzene ring substituents is 1. The third kappa shape index (κ3) is 2.69. The molecule has 0 amide bonds. The van der Waals surface area contributed by atoms with Gasteiger partial charge in [0, 0.05) is 24.4 Å². The van der Waals surface area contributed by atoms with Crippen LogP contribution in [0.1, 0.15) is 11.1 Å². The predicted octanol–water partition coefficient (Wildman–Crippen LogP) is 2.55. The molecule has 0 unspecified atom stereocenters. The Balaban J connectivity index is 2.46. The fourth-order valence-corrected chi connectivity index (χ4v) is 1.68. The van der Waals surface area contributed by atoms with Crippen molar-refractivity contribution in [3.63, 3.8) is 0 Å². The fraction of sp³-hybridized carbons (Fsp3) is 0.154. The van der Waals surface area contributed by atoms with Gasteiger partial charge in [-0.15, -0.1) is 0 Å². The van der Waals surface area contributed by atoms with Gasteiger partial charge in [0.2, 0.25) is 11.6 Å². The first-order valence-corrected chi connectivity index (χ1v) is 5.69. The average molecular weight is 259 g/mol. The Bertz CT molecular complexity index is 614. The minimum Gasteiger partial charge on any atom is -0.431 e. The summed E-state index contributed by atoms with van der Waals surface area (Å²) in [6, 6.07) is 8.26. The van der Waals surface area contributed by atoms with Gasteiger partial charge in [-0.25, -0.2) is 4.98 Å². The molecular weight excluding hydrogens is 246 g/mol. The number of ether oxygens (including phenoxy) is 1. The number of rotatable bonds is 4. The van der Waals surface area contributed by atoms with Gasteiger partial charge in [-0.2, -0.15) is 0 Å². The van der Waals surface area contributed by atoms with Gasteiger partial charge in [0.15, 0.2) is 0 Å². The smallest absolute Gasteiger partial charge is 0.311 e. The predicted molar refractivity (Wildman–Crippen MR) is 70.0 cm³/mol. The van der Waals surface area contributed by atoms with E-state index < -0.39 is 4.92 Å². The molecule has 2 rings (SSSR count). The van der Waals surface area contributed by atoms with E-state index in [9.17, 15) is 10.1 Å². The molecule has 6 heteroatoms. The van der Waals surface area contributed by atoms with E-state index in [0.29, 0.717) is 17.0 Å². The maximum absolute atomic E-state index is 11.0. The van der Waals surface area contributed by atoms with Crippen molar-refractivity contribution in [3.05, 3.63) is 57.8 Å². The lowest BCUT2D eigenvalue weighted by atomic mass is 10.2. The Morgan fingerprint density at radius 3 is 2.84 bits per heavy atom. The number of para-hydroxylation sites is 1. The molecule has 0 saturated heterocycles. The summed E-state index contributed by atoms with van der Waals surface area (Å²) in [4.78, 5) is 14.6. The summed E-state index contributed by atoms with van der Waals surface area (Å²) in [6.07, 6.45) is 1.55. The third-order valence-corrected chi connectivity index (χ3v) is 2.66. The largest absolute Gasteiger partial charge is 0.431 e. The summed E-state index contributed by atoms with van der Waals surface area (Å²) in [7, 11) is 0. The van der Waals surface area contributed by atoms with E-state index in [0.717, 1.165) is 0 Å². The maximum Gasteiger partial charge on any atom is 0.311 e. The van der Waals surface area contributed by atoms with E-state index in [1.54, 1.807) is 37.4 Å². The lowest BCUT2D eigenvalue weighted by Gasteiger charge is -2.10. The molecule has 0 spiro atoms. The highest BCUT2D eigenvalue weighted by Crippen LogP contribution is 2.34. The van der Waals surface area contributed by atoms with Crippen molar-refractivity contribution in [3.8, 4) is 11.6 Å². The van der Waals surface area contributed by atoms with Crippen molar-refractivity contribution in [1.82, 2.24) is 4.98 Å². The molecule has 2 N–H and O–H groups in total. The summed E-state index contributed by atoms with van der Waals surface area (Å²) in [5.74, 6) is 0.489. The van der Waals surface area contributed by atoms with Crippen molar-refractivity contribution in [2.75, 3.05) is 0 Å². The van der Waals surface area contributed by atoms with Crippen LogP contribution in [0.5, 0.6) is 11.6 Å². The molecule has 0 atom stereocenters. The summed E-state index contributed by atoms with van der Waals surface area (Å²) in [5, 5.41) is 11.0. The summed E-state index contributed by atoms with van der Waals surface area (Å²) < 4.78 is 5.59. The maximum atomic E-state index is 11.0. The molecule has 6 nitrogen and oxygen atoms in total. The zero-order valence-corrected chi connectivity index (χ0v) is 10.4. The zero-order valence-electron chi connectivity index (χ0n) is 10.4. The molecule has 0 aliphatic heterocycles. The number of nitro groups is 1. The summed E-state index contributed by atoms with van der Waals surface area (Å²) in [5.41, 5.74) is 6.86. The first-order chi connectivity index (χ1) is 9.13. The molecule has 0 aliphatic rings. The van der Waals surface area contributed by atoms with Crippen LogP contribution in [-0.2, 0) is 6.54 Å². The fourth-order valence-electron chi connectivity index (χ4n) is 1.68. The highest BCUT2D eigenvalue weighted by atomic mass is 16.6. The number of hydrogen-bond acceptors (Lipinski definition) is 5. The van der Waals surface area contributed by atoms with Crippen molar-refractivity contribution < 1.29 is 9.66 Å². The monoisotopic (exact) mass is 259 g/mol. The van der Waals surface area contributed by atoms with Gasteiger partial charge in [-0.3, -0.25) is 10.1 Å². The van der Waals surface area contributed by atoms with Crippen molar-refractivity contribution >= 4 is 5.69 Å². The Hall–Kier alpha value is -2.47. The molecule has 2 aromatic rings. The Morgan fingerprint density at radius 2 is 2.16 bits per heavy atom. The first kappa shape index (κ1) is 13.0. The van der Waals surface area contributed by atoms with E-state index >= 15 is 0 Å². The molecule has 1 aromatic heterocycles. The van der Waals surface area contributed by atoms with E-state index in [2.05, 4.69) is 4.98 Å². The molecule has 98 valence electrons. The lowest BCUT2D eigenvalue weighted by molar-refractivity contribution is -0.385. The average Bonchev–Trinajstić information content (AvgIpc) is 2.41. The van der Waals surface area contributed by atoms with Crippen LogP contribution in [0.3, 0.4) is 0 Å². The van der Waals surface area contributed by atoms with Gasteiger partial charge in [0.1, 0.15) is 0 Å². The second-order valence-electron chi connectivity index (χ2n) is 3.95. The molecule has 0 fully saturated rings. The first-order valence-electron chi connectivity index (χ1n) is 5.69. The normalized spacial score (nSPS) is 10.2. The number of benzene rings is 1. The third-order valence-electron chi connectivity index (χ3n) is 2.66. The van der Waals surface area contributed by atoms with E-state index in [1.807, 2.05) is 0 Å². The van der Waals surface area contributed by atoms with Crippen LogP contribution >= 0.6 is 0 Å². The number of aryl methyl sites for hydroxylation is 1. The van der Waals surface area contributed by atoms with Crippen LogP contribution in [-0.4, -0.2) is 9.91 Å². The number of hydrogen-bond donors (Lipinski definition) is 1. The molecule has 1 aromatic carbocycles. The highest BCUT2D eigenvalue weighted by Gasteiger charge is 2.19. The van der Waals surface area contributed by atoms with Gasteiger partial charge >= 0.3 is 5.69 Å². The van der Waals surface area contributed by atoms with Gasteiger partial charge in [0.25, 0.3) is 0 Å². The van der Waals surface area contributed by atoms with Gasteiger partial charge in [-0.05, 0) is 18.6 Å². The van der Waals surface area contributed by atoms with Crippen molar-refractivity contribution in [2.24, 2.45) is 5.73 Å². The standard InChI is InChI=1S/C13H13N3O3/c1-9-4-2-6-11(16(17)18)12(9)19-13-10(8-14)5-3-7-15-13/h2-7H,8,14H2,1H3. The van der Waals surface area contributed by atoms with E-state index in [-0.39, 0.29) is 18.0 Å². The SMILES string of the molecule is Cc1cccc([N+](=O)[O-])c1Oc1ncccc1CN. The molecule has 0 aliphatic carbocycles. The second kappa shape index (κ2) is 5.45. The molecular formula is C13H13N3O3. The van der Waals surface area contributed by atoms with Crippen LogP contribution in [0, 0.1) is 17.0 Å².